The summed E-state index contributed by atoms with van der Waals surface area (Å²) in [6.07, 6.45) is 4.40. The average Bonchev–Trinajstić information content (AvgIpc) is 2.00. The molecule has 1 rings (SSSR count). The summed E-state index contributed by atoms with van der Waals surface area (Å²) < 4.78 is 6.20. The second kappa shape index (κ2) is 4.38. The van der Waals surface area contributed by atoms with Crippen molar-refractivity contribution in [2.75, 3.05) is 0 Å². The molecule has 1 aliphatic carbocycles. The molecule has 0 unspecified atom stereocenters. The van der Waals surface area contributed by atoms with Crippen LogP contribution in [0.25, 0.3) is 0 Å². The highest BCUT2D eigenvalue weighted by Gasteiger charge is 2.39. The van der Waals surface area contributed by atoms with Gasteiger partial charge in [0.05, 0.1) is 6.10 Å². The largest absolute Gasteiger partial charge is 0.413 e. The predicted octanol–water partition coefficient (Wildman–Crippen LogP) is 3.33. The molecule has 0 N–H and O–H groups in total. The third-order valence-electron chi connectivity index (χ3n) is 3.52. The number of hydrogen-bond acceptors (Lipinski definition) is 2. The summed E-state index contributed by atoms with van der Waals surface area (Å²) in [4.78, 5) is 11.3. The summed E-state index contributed by atoms with van der Waals surface area (Å²) in [6.45, 7) is 11.2. The lowest BCUT2D eigenvalue weighted by Crippen LogP contribution is -2.45. The zero-order valence-corrected chi connectivity index (χ0v) is 11.6. The summed E-state index contributed by atoms with van der Waals surface area (Å²) >= 11 is 0. The van der Waals surface area contributed by atoms with Crippen LogP contribution in [0.3, 0.4) is 0 Å². The summed E-state index contributed by atoms with van der Waals surface area (Å²) in [5.74, 6) is 0.324. The van der Waals surface area contributed by atoms with Crippen LogP contribution in [0.15, 0.2) is 0 Å². The second-order valence-corrected chi connectivity index (χ2v) is 10.7. The number of ketones is 1. The van der Waals surface area contributed by atoms with Gasteiger partial charge >= 0.3 is 0 Å². The molecule has 1 fully saturated rings. The van der Waals surface area contributed by atoms with Crippen LogP contribution in [0.4, 0.5) is 0 Å². The van der Waals surface area contributed by atoms with E-state index in [1.165, 1.54) is 0 Å². The van der Waals surface area contributed by atoms with Crippen molar-refractivity contribution >= 4 is 14.1 Å². The Bertz CT molecular complexity index is 240. The van der Waals surface area contributed by atoms with Gasteiger partial charge in [0.1, 0.15) is 5.78 Å². The normalized spacial score (nSPS) is 24.3. The van der Waals surface area contributed by atoms with Crippen LogP contribution in [0.1, 0.15) is 40.0 Å². The first-order valence-electron chi connectivity index (χ1n) is 5.73. The molecular weight excluding hydrogens is 204 g/mol. The topological polar surface area (TPSA) is 26.3 Å². The molecule has 0 saturated heterocycles. The van der Waals surface area contributed by atoms with E-state index in [9.17, 15) is 4.79 Å². The molecule has 1 saturated carbocycles. The fraction of sp³-hybridized carbons (Fsp3) is 0.833. The maximum atomic E-state index is 11.3. The second-order valence-electron chi connectivity index (χ2n) is 5.97. The Morgan fingerprint density at radius 3 is 2.47 bits per heavy atom. The number of rotatable bonds is 2. The van der Waals surface area contributed by atoms with E-state index in [1.54, 1.807) is 0 Å². The molecule has 3 heteroatoms. The van der Waals surface area contributed by atoms with Crippen molar-refractivity contribution in [3.05, 3.63) is 6.42 Å². The van der Waals surface area contributed by atoms with Crippen molar-refractivity contribution < 1.29 is 9.22 Å². The fourth-order valence-corrected chi connectivity index (χ4v) is 2.90. The Kier molecular flexibility index (Phi) is 3.77. The van der Waals surface area contributed by atoms with E-state index in [-0.39, 0.29) is 11.1 Å². The third-order valence-corrected chi connectivity index (χ3v) is 8.06. The van der Waals surface area contributed by atoms with Crippen LogP contribution in [-0.2, 0) is 9.22 Å². The number of carbonyl (C=O) groups excluding carboxylic acids is 1. The van der Waals surface area contributed by atoms with E-state index in [1.807, 2.05) is 0 Å². The number of carbonyl (C=O) groups is 1. The maximum absolute atomic E-state index is 11.3. The van der Waals surface area contributed by atoms with Crippen molar-refractivity contribution in [2.45, 2.75) is 64.3 Å². The molecule has 0 aromatic heterocycles. The van der Waals surface area contributed by atoms with E-state index in [2.05, 4.69) is 40.3 Å². The molecule has 1 radical (unpaired) electrons. The fourth-order valence-electron chi connectivity index (χ4n) is 1.53. The van der Waals surface area contributed by atoms with Crippen LogP contribution >= 0.6 is 0 Å². The van der Waals surface area contributed by atoms with Crippen molar-refractivity contribution in [3.63, 3.8) is 0 Å². The van der Waals surface area contributed by atoms with Gasteiger partial charge < -0.3 is 4.43 Å². The van der Waals surface area contributed by atoms with E-state index in [4.69, 9.17) is 4.43 Å². The summed E-state index contributed by atoms with van der Waals surface area (Å²) in [7, 11) is -1.69. The molecule has 15 heavy (non-hydrogen) atoms. The van der Waals surface area contributed by atoms with Crippen molar-refractivity contribution in [2.24, 2.45) is 0 Å². The number of Topliss-reactive ketones (excluding diaryl/α,β-unsaturated/α-hetero) is 1. The summed E-state index contributed by atoms with van der Waals surface area (Å²) in [5.41, 5.74) is 0. The lowest BCUT2D eigenvalue weighted by Gasteiger charge is -2.40. The van der Waals surface area contributed by atoms with Gasteiger partial charge in [-0.2, -0.15) is 0 Å². The van der Waals surface area contributed by atoms with Crippen molar-refractivity contribution in [1.82, 2.24) is 0 Å². The predicted molar refractivity (Wildman–Crippen MR) is 65.2 cm³/mol. The van der Waals surface area contributed by atoms with Gasteiger partial charge in [0, 0.05) is 12.8 Å². The smallest absolute Gasteiger partial charge is 0.192 e. The molecule has 0 amide bonds. The Hall–Kier alpha value is -0.153. The highest BCUT2D eigenvalue weighted by Crippen LogP contribution is 2.38. The Labute approximate surface area is 94.5 Å². The van der Waals surface area contributed by atoms with Gasteiger partial charge in [-0.05, 0) is 31.0 Å². The van der Waals surface area contributed by atoms with Crippen LogP contribution in [0.2, 0.25) is 18.1 Å². The Morgan fingerprint density at radius 1 is 1.40 bits per heavy atom. The van der Waals surface area contributed by atoms with Gasteiger partial charge in [-0.25, -0.2) is 0 Å². The molecule has 0 bridgehead atoms. The molecule has 2 nitrogen and oxygen atoms in total. The lowest BCUT2D eigenvalue weighted by molar-refractivity contribution is -0.121. The molecule has 0 aromatic rings. The quantitative estimate of drug-likeness (QED) is 0.676. The van der Waals surface area contributed by atoms with Gasteiger partial charge in [-0.15, -0.1) is 0 Å². The molecule has 1 aliphatic rings. The highest BCUT2D eigenvalue weighted by atomic mass is 28.4. The van der Waals surface area contributed by atoms with Crippen LogP contribution in [0, 0.1) is 6.42 Å². The lowest BCUT2D eigenvalue weighted by atomic mass is 9.97. The minimum Gasteiger partial charge on any atom is -0.413 e. The zero-order valence-electron chi connectivity index (χ0n) is 10.6. The molecule has 0 aliphatic heterocycles. The van der Waals surface area contributed by atoms with Crippen molar-refractivity contribution in [3.8, 4) is 0 Å². The van der Waals surface area contributed by atoms with Gasteiger partial charge in [-0.3, -0.25) is 4.79 Å². The molecular formula is C12H23O2Si. The monoisotopic (exact) mass is 227 g/mol. The average molecular weight is 227 g/mol. The zero-order chi connectivity index (χ0) is 11.7. The summed E-state index contributed by atoms with van der Waals surface area (Å²) in [6, 6.07) is 0. The minimum atomic E-state index is -1.69. The third kappa shape index (κ3) is 3.42. The number of hydrogen-bond donors (Lipinski definition) is 0. The van der Waals surface area contributed by atoms with Crippen molar-refractivity contribution in [1.29, 1.82) is 0 Å². The molecule has 0 aromatic carbocycles. The van der Waals surface area contributed by atoms with E-state index < -0.39 is 8.32 Å². The van der Waals surface area contributed by atoms with Crippen LogP contribution < -0.4 is 0 Å². The minimum absolute atomic E-state index is 0.146. The molecule has 0 spiro atoms. The first-order valence-corrected chi connectivity index (χ1v) is 8.64. The van der Waals surface area contributed by atoms with Gasteiger partial charge in [0.25, 0.3) is 0 Å². The Balaban J connectivity index is 2.57. The van der Waals surface area contributed by atoms with Crippen LogP contribution in [0.5, 0.6) is 0 Å². The van der Waals surface area contributed by atoms with E-state index in [0.717, 1.165) is 6.42 Å². The van der Waals surface area contributed by atoms with Gasteiger partial charge in [-0.1, -0.05) is 20.8 Å². The van der Waals surface area contributed by atoms with Crippen LogP contribution in [-0.4, -0.2) is 20.2 Å². The van der Waals surface area contributed by atoms with E-state index >= 15 is 0 Å². The molecule has 0 heterocycles. The highest BCUT2D eigenvalue weighted by molar-refractivity contribution is 6.74. The molecule has 87 valence electrons. The van der Waals surface area contributed by atoms with Gasteiger partial charge in [0.2, 0.25) is 0 Å². The Morgan fingerprint density at radius 2 is 2.00 bits per heavy atom. The first-order chi connectivity index (χ1) is 6.72. The summed E-state index contributed by atoms with van der Waals surface area (Å²) in [5, 5.41) is 0.230. The first kappa shape index (κ1) is 12.9. The standard InChI is InChI=1S/C12H23O2Si/c1-12(2,3)15(4,5)14-11-8-6-7-10(13)9-11/h6,11H,7-9H2,1-5H3/t11-/m0/s1. The molecule has 1 atom stereocenters. The SMILES string of the molecule is CC(C)(C)[Si](C)(C)O[C@H]1C[CH]CC(=O)C1. The van der Waals surface area contributed by atoms with Gasteiger partial charge in [0.15, 0.2) is 8.32 Å². The maximum Gasteiger partial charge on any atom is 0.192 e. The van der Waals surface area contributed by atoms with E-state index in [0.29, 0.717) is 18.6 Å².